The van der Waals surface area contributed by atoms with E-state index in [1.54, 1.807) is 0 Å². The predicted molar refractivity (Wildman–Crippen MR) is 107 cm³/mol. The Hall–Kier alpha value is -1.39. The molecule has 0 spiro atoms. The van der Waals surface area contributed by atoms with Crippen molar-refractivity contribution >= 4 is 5.91 Å². The molecule has 2 aliphatic heterocycles. The van der Waals surface area contributed by atoms with Gasteiger partial charge in [0.15, 0.2) is 0 Å². The summed E-state index contributed by atoms with van der Waals surface area (Å²) in [6.07, 6.45) is 4.29. The van der Waals surface area contributed by atoms with Crippen LogP contribution in [0, 0.1) is 11.8 Å². The first kappa shape index (κ1) is 19.4. The van der Waals surface area contributed by atoms with E-state index in [2.05, 4.69) is 59.3 Å². The van der Waals surface area contributed by atoms with Crippen molar-refractivity contribution in [2.45, 2.75) is 52.1 Å². The molecule has 1 aromatic carbocycles. The van der Waals surface area contributed by atoms with Gasteiger partial charge < -0.3 is 10.2 Å². The number of rotatable bonds is 5. The van der Waals surface area contributed by atoms with Crippen LogP contribution in [0.1, 0.15) is 45.1 Å². The summed E-state index contributed by atoms with van der Waals surface area (Å²) in [7, 11) is 0. The monoisotopic (exact) mass is 357 g/mol. The highest BCUT2D eigenvalue weighted by Gasteiger charge is 2.27. The zero-order chi connectivity index (χ0) is 18.4. The van der Waals surface area contributed by atoms with Crippen molar-refractivity contribution in [2.75, 3.05) is 32.7 Å². The van der Waals surface area contributed by atoms with Gasteiger partial charge in [-0.2, -0.15) is 0 Å². The van der Waals surface area contributed by atoms with E-state index in [1.807, 2.05) is 0 Å². The summed E-state index contributed by atoms with van der Waals surface area (Å²) < 4.78 is 0. The molecule has 0 bridgehead atoms. The Morgan fingerprint density at radius 2 is 2.00 bits per heavy atom. The fourth-order valence-corrected chi connectivity index (χ4v) is 4.34. The number of carbonyl (C=O) groups excluding carboxylic acids is 1. The highest BCUT2D eigenvalue weighted by atomic mass is 16.2. The van der Waals surface area contributed by atoms with Crippen molar-refractivity contribution in [3.05, 3.63) is 35.9 Å². The molecule has 2 aliphatic rings. The Balaban J connectivity index is 1.51. The topological polar surface area (TPSA) is 35.6 Å². The van der Waals surface area contributed by atoms with Crippen molar-refractivity contribution in [1.29, 1.82) is 0 Å². The first-order valence-corrected chi connectivity index (χ1v) is 10.4. The molecule has 3 rings (SSSR count). The Labute approximate surface area is 158 Å². The molecule has 2 heterocycles. The van der Waals surface area contributed by atoms with Gasteiger partial charge in [0.1, 0.15) is 0 Å². The Morgan fingerprint density at radius 1 is 1.19 bits per heavy atom. The Morgan fingerprint density at radius 3 is 2.73 bits per heavy atom. The van der Waals surface area contributed by atoms with Gasteiger partial charge in [0.25, 0.3) is 0 Å². The predicted octanol–water partition coefficient (Wildman–Crippen LogP) is 3.14. The Bertz CT molecular complexity index is 556. The van der Waals surface area contributed by atoms with Gasteiger partial charge in [0, 0.05) is 38.6 Å². The number of piperidine rings is 1. The maximum absolute atomic E-state index is 12.9. The van der Waals surface area contributed by atoms with E-state index in [4.69, 9.17) is 0 Å². The molecule has 2 fully saturated rings. The van der Waals surface area contributed by atoms with E-state index in [1.165, 1.54) is 18.4 Å². The fourth-order valence-electron chi connectivity index (χ4n) is 4.34. The van der Waals surface area contributed by atoms with Crippen LogP contribution in [0.3, 0.4) is 0 Å². The summed E-state index contributed by atoms with van der Waals surface area (Å²) in [5, 5.41) is 3.48. The van der Waals surface area contributed by atoms with E-state index >= 15 is 0 Å². The maximum atomic E-state index is 12.9. The van der Waals surface area contributed by atoms with E-state index in [-0.39, 0.29) is 0 Å². The average molecular weight is 358 g/mol. The maximum Gasteiger partial charge on any atom is 0.222 e. The largest absolute Gasteiger partial charge is 0.341 e. The van der Waals surface area contributed by atoms with Gasteiger partial charge in [-0.05, 0) is 56.7 Å². The summed E-state index contributed by atoms with van der Waals surface area (Å²) in [6, 6.07) is 11.2. The minimum atomic E-state index is 0.358. The van der Waals surface area contributed by atoms with Gasteiger partial charge >= 0.3 is 0 Å². The molecule has 4 heteroatoms. The normalized spacial score (nSPS) is 26.3. The summed E-state index contributed by atoms with van der Waals surface area (Å²) >= 11 is 0. The van der Waals surface area contributed by atoms with Crippen LogP contribution in [0.4, 0.5) is 0 Å². The average Bonchev–Trinajstić information content (AvgIpc) is 2.85. The minimum absolute atomic E-state index is 0.358. The molecule has 26 heavy (non-hydrogen) atoms. The van der Waals surface area contributed by atoms with Gasteiger partial charge in [-0.1, -0.05) is 37.3 Å². The van der Waals surface area contributed by atoms with E-state index < -0.39 is 0 Å². The highest BCUT2D eigenvalue weighted by Crippen LogP contribution is 2.24. The van der Waals surface area contributed by atoms with Crippen molar-refractivity contribution in [3.63, 3.8) is 0 Å². The van der Waals surface area contributed by atoms with Gasteiger partial charge in [0.05, 0.1) is 0 Å². The molecule has 1 amide bonds. The fraction of sp³-hybridized carbons (Fsp3) is 0.682. The molecule has 0 aliphatic carbocycles. The first-order valence-electron chi connectivity index (χ1n) is 10.4. The second-order valence-electron chi connectivity index (χ2n) is 8.26. The molecule has 144 valence electrons. The van der Waals surface area contributed by atoms with Gasteiger partial charge in [-0.3, -0.25) is 9.69 Å². The van der Waals surface area contributed by atoms with E-state index in [9.17, 15) is 4.79 Å². The quantitative estimate of drug-likeness (QED) is 0.879. The molecule has 0 aromatic heterocycles. The minimum Gasteiger partial charge on any atom is -0.341 e. The lowest BCUT2D eigenvalue weighted by Crippen LogP contribution is -2.39. The van der Waals surface area contributed by atoms with E-state index in [0.717, 1.165) is 45.7 Å². The SMILES string of the molecule is CC(CC(=O)N1CCC(C)N(Cc2ccccc2)CC1)C1CCCNC1. The van der Waals surface area contributed by atoms with Crippen LogP contribution in [-0.2, 0) is 11.3 Å². The third-order valence-corrected chi connectivity index (χ3v) is 6.31. The van der Waals surface area contributed by atoms with Crippen LogP contribution in [0.25, 0.3) is 0 Å². The van der Waals surface area contributed by atoms with Crippen LogP contribution in [0.2, 0.25) is 0 Å². The lowest BCUT2D eigenvalue weighted by molar-refractivity contribution is -0.132. The first-order chi connectivity index (χ1) is 12.6. The van der Waals surface area contributed by atoms with Crippen molar-refractivity contribution in [2.24, 2.45) is 11.8 Å². The molecular weight excluding hydrogens is 322 g/mol. The Kier molecular flexibility index (Phi) is 7.09. The number of nitrogens with one attached hydrogen (secondary N) is 1. The standard InChI is InChI=1S/C22H35N3O/c1-18(21-9-6-11-23-16-21)15-22(26)24-12-10-19(2)25(14-13-24)17-20-7-4-3-5-8-20/h3-5,7-8,18-19,21,23H,6,9-17H2,1-2H3. The summed E-state index contributed by atoms with van der Waals surface area (Å²) in [4.78, 5) is 17.5. The zero-order valence-corrected chi connectivity index (χ0v) is 16.5. The van der Waals surface area contributed by atoms with Gasteiger partial charge in [-0.25, -0.2) is 0 Å². The second kappa shape index (κ2) is 9.52. The van der Waals surface area contributed by atoms with Crippen molar-refractivity contribution < 1.29 is 4.79 Å². The number of nitrogens with zero attached hydrogens (tertiary/aromatic N) is 2. The lowest BCUT2D eigenvalue weighted by Gasteiger charge is -2.30. The van der Waals surface area contributed by atoms with Crippen LogP contribution in [0.5, 0.6) is 0 Å². The number of amides is 1. The molecule has 3 atom stereocenters. The van der Waals surface area contributed by atoms with Crippen molar-refractivity contribution in [1.82, 2.24) is 15.1 Å². The smallest absolute Gasteiger partial charge is 0.222 e. The number of benzene rings is 1. The van der Waals surface area contributed by atoms with Crippen LogP contribution in [-0.4, -0.2) is 54.5 Å². The van der Waals surface area contributed by atoms with Gasteiger partial charge in [0.2, 0.25) is 5.91 Å². The van der Waals surface area contributed by atoms with Gasteiger partial charge in [-0.15, -0.1) is 0 Å². The number of carbonyl (C=O) groups is 1. The van der Waals surface area contributed by atoms with Crippen molar-refractivity contribution in [3.8, 4) is 0 Å². The molecule has 4 nitrogen and oxygen atoms in total. The lowest BCUT2D eigenvalue weighted by atomic mass is 9.85. The second-order valence-corrected chi connectivity index (χ2v) is 8.26. The van der Waals surface area contributed by atoms with Crippen LogP contribution >= 0.6 is 0 Å². The van der Waals surface area contributed by atoms with Crippen LogP contribution in [0.15, 0.2) is 30.3 Å². The molecule has 1 aromatic rings. The molecule has 0 radical (unpaired) electrons. The molecule has 2 saturated heterocycles. The highest BCUT2D eigenvalue weighted by molar-refractivity contribution is 5.76. The number of hydrogen-bond acceptors (Lipinski definition) is 3. The molecular formula is C22H35N3O. The third kappa shape index (κ3) is 5.31. The molecule has 1 N–H and O–H groups in total. The molecule has 3 unspecified atom stereocenters. The summed E-state index contributed by atoms with van der Waals surface area (Å²) in [5.74, 6) is 1.50. The van der Waals surface area contributed by atoms with Crippen LogP contribution < -0.4 is 5.32 Å². The summed E-state index contributed by atoms with van der Waals surface area (Å²) in [5.41, 5.74) is 1.36. The number of hydrogen-bond donors (Lipinski definition) is 1. The third-order valence-electron chi connectivity index (χ3n) is 6.31. The van der Waals surface area contributed by atoms with E-state index in [0.29, 0.717) is 30.2 Å². The molecule has 0 saturated carbocycles. The summed E-state index contributed by atoms with van der Waals surface area (Å²) in [6.45, 7) is 10.5. The zero-order valence-electron chi connectivity index (χ0n) is 16.5.